The second-order valence-electron chi connectivity index (χ2n) is 3.78. The van der Waals surface area contributed by atoms with Crippen LogP contribution in [-0.4, -0.2) is 4.98 Å². The molecule has 19 heavy (non-hydrogen) atoms. The van der Waals surface area contributed by atoms with Gasteiger partial charge in [-0.25, -0.2) is 0 Å². The zero-order valence-electron chi connectivity index (χ0n) is 10.4. The van der Waals surface area contributed by atoms with Gasteiger partial charge in [-0.2, -0.15) is 0 Å². The lowest BCUT2D eigenvalue weighted by Crippen LogP contribution is -1.83. The van der Waals surface area contributed by atoms with E-state index in [4.69, 9.17) is 11.6 Å². The van der Waals surface area contributed by atoms with Crippen molar-refractivity contribution in [2.75, 3.05) is 0 Å². The van der Waals surface area contributed by atoms with Gasteiger partial charge < -0.3 is 0 Å². The van der Waals surface area contributed by atoms with Crippen LogP contribution in [-0.2, 0) is 5.88 Å². The lowest BCUT2D eigenvalue weighted by Gasteiger charge is -2.00. The molecule has 0 bridgehead atoms. The van der Waals surface area contributed by atoms with Crippen molar-refractivity contribution in [1.29, 1.82) is 0 Å². The second kappa shape index (κ2) is 8.52. The molecule has 0 N–H and O–H groups in total. The molecule has 0 aliphatic rings. The molecule has 0 aliphatic carbocycles. The topological polar surface area (TPSA) is 12.9 Å². The summed E-state index contributed by atoms with van der Waals surface area (Å²) in [6.07, 6.45) is 1.79. The highest BCUT2D eigenvalue weighted by atomic mass is 35.5. The van der Waals surface area contributed by atoms with Crippen LogP contribution in [0.2, 0.25) is 0 Å². The summed E-state index contributed by atoms with van der Waals surface area (Å²) in [7, 11) is 0. The third kappa shape index (κ3) is 4.55. The van der Waals surface area contributed by atoms with Crippen LogP contribution in [0, 0.1) is 0 Å². The van der Waals surface area contributed by atoms with Crippen LogP contribution in [0.3, 0.4) is 0 Å². The number of rotatable bonds is 1. The molecule has 0 fully saturated rings. The van der Waals surface area contributed by atoms with Crippen molar-refractivity contribution in [1.82, 2.24) is 4.98 Å². The molecule has 1 aromatic heterocycles. The van der Waals surface area contributed by atoms with E-state index >= 15 is 0 Å². The highest BCUT2D eigenvalue weighted by Gasteiger charge is 1.97. The maximum Gasteiger partial charge on any atom is 0.0705 e. The van der Waals surface area contributed by atoms with Crippen LogP contribution in [0.1, 0.15) is 5.56 Å². The normalized spacial score (nSPS) is 9.11. The van der Waals surface area contributed by atoms with Gasteiger partial charge in [0.05, 0.1) is 5.52 Å². The summed E-state index contributed by atoms with van der Waals surface area (Å²) >= 11 is 5.78. The molecule has 3 heteroatoms. The van der Waals surface area contributed by atoms with Crippen LogP contribution in [0.4, 0.5) is 0 Å². The first-order valence-electron chi connectivity index (χ1n) is 5.80. The molecule has 0 saturated heterocycles. The van der Waals surface area contributed by atoms with Gasteiger partial charge in [-0.3, -0.25) is 4.98 Å². The Morgan fingerprint density at radius 1 is 0.789 bits per heavy atom. The fraction of sp³-hybridized carbons (Fsp3) is 0.0625. The number of pyridine rings is 1. The molecule has 2 aromatic carbocycles. The van der Waals surface area contributed by atoms with Crippen LogP contribution in [0.5, 0.6) is 0 Å². The van der Waals surface area contributed by atoms with Crippen molar-refractivity contribution in [3.63, 3.8) is 0 Å². The number of alkyl halides is 1. The predicted molar refractivity (Wildman–Crippen MR) is 85.0 cm³/mol. The summed E-state index contributed by atoms with van der Waals surface area (Å²) in [5.74, 6) is 0.545. The number of hydrogen-bond acceptors (Lipinski definition) is 1. The first-order valence-corrected chi connectivity index (χ1v) is 6.34. The van der Waals surface area contributed by atoms with E-state index in [0.29, 0.717) is 5.88 Å². The monoisotopic (exact) mass is 291 g/mol. The second-order valence-corrected chi connectivity index (χ2v) is 4.04. The van der Waals surface area contributed by atoms with Gasteiger partial charge in [-0.15, -0.1) is 24.0 Å². The smallest absolute Gasteiger partial charge is 0.0705 e. The van der Waals surface area contributed by atoms with E-state index in [1.807, 2.05) is 66.7 Å². The highest BCUT2D eigenvalue weighted by molar-refractivity contribution is 6.17. The van der Waals surface area contributed by atoms with E-state index in [1.165, 1.54) is 0 Å². The Labute approximate surface area is 124 Å². The van der Waals surface area contributed by atoms with Gasteiger partial charge in [0.25, 0.3) is 0 Å². The molecule has 98 valence electrons. The average Bonchev–Trinajstić information content (AvgIpc) is 2.49. The minimum absolute atomic E-state index is 0. The summed E-state index contributed by atoms with van der Waals surface area (Å²) < 4.78 is 0. The molecular formula is C16H15Cl2N. The van der Waals surface area contributed by atoms with Crippen molar-refractivity contribution < 1.29 is 0 Å². The lowest BCUT2D eigenvalue weighted by molar-refractivity contribution is 1.34. The Morgan fingerprint density at radius 2 is 1.37 bits per heavy atom. The minimum Gasteiger partial charge on any atom is -0.256 e. The van der Waals surface area contributed by atoms with E-state index in [2.05, 4.69) is 4.98 Å². The number of aromatic nitrogens is 1. The average molecular weight is 292 g/mol. The number of nitrogens with zero attached hydrogens (tertiary/aromatic N) is 1. The zero-order valence-corrected chi connectivity index (χ0v) is 11.9. The molecule has 0 unspecified atom stereocenters. The van der Waals surface area contributed by atoms with Crippen molar-refractivity contribution >= 4 is 34.9 Å². The summed E-state index contributed by atoms with van der Waals surface area (Å²) in [5.41, 5.74) is 2.15. The van der Waals surface area contributed by atoms with Gasteiger partial charge in [0.2, 0.25) is 0 Å². The molecule has 0 saturated carbocycles. The first kappa shape index (κ1) is 15.5. The maximum absolute atomic E-state index is 5.78. The highest BCUT2D eigenvalue weighted by Crippen LogP contribution is 2.17. The quantitative estimate of drug-likeness (QED) is 0.570. The molecular weight excluding hydrogens is 277 g/mol. The van der Waals surface area contributed by atoms with Gasteiger partial charge >= 0.3 is 0 Å². The number of hydrogen-bond donors (Lipinski definition) is 0. The van der Waals surface area contributed by atoms with E-state index in [1.54, 1.807) is 6.20 Å². The van der Waals surface area contributed by atoms with Crippen molar-refractivity contribution in [3.05, 3.63) is 78.5 Å². The number of benzene rings is 2. The molecule has 1 nitrogen and oxygen atoms in total. The standard InChI is InChI=1S/C10H8ClN.C6H6.ClH/c11-7-8-5-6-12-10-4-2-1-3-9(8)10;1-2-4-6-5-3-1;/h1-6H,7H2;1-6H;1H. The number of para-hydroxylation sites is 1. The minimum atomic E-state index is 0. The predicted octanol–water partition coefficient (Wildman–Crippen LogP) is 5.08. The van der Waals surface area contributed by atoms with Crippen molar-refractivity contribution in [2.45, 2.75) is 5.88 Å². The third-order valence-corrected chi connectivity index (χ3v) is 2.84. The molecule has 0 radical (unpaired) electrons. The Kier molecular flexibility index (Phi) is 6.94. The summed E-state index contributed by atoms with van der Waals surface area (Å²) in [6, 6.07) is 22.0. The van der Waals surface area contributed by atoms with Gasteiger partial charge in [-0.05, 0) is 17.7 Å². The van der Waals surface area contributed by atoms with Crippen LogP contribution < -0.4 is 0 Å². The Morgan fingerprint density at radius 3 is 1.95 bits per heavy atom. The third-order valence-electron chi connectivity index (χ3n) is 2.55. The Bertz CT molecular complexity index is 565. The number of fused-ring (bicyclic) bond motifs is 1. The van der Waals surface area contributed by atoms with Gasteiger partial charge in [0.15, 0.2) is 0 Å². The molecule has 0 atom stereocenters. The SMILES string of the molecule is Cl.ClCc1ccnc2ccccc12.c1ccccc1. The summed E-state index contributed by atoms with van der Waals surface area (Å²) in [6.45, 7) is 0. The number of halogens is 2. The molecule has 0 aliphatic heterocycles. The summed E-state index contributed by atoms with van der Waals surface area (Å²) in [5, 5.41) is 1.15. The Hall–Kier alpha value is -1.57. The fourth-order valence-electron chi connectivity index (χ4n) is 1.66. The van der Waals surface area contributed by atoms with E-state index in [9.17, 15) is 0 Å². The van der Waals surface area contributed by atoms with Gasteiger partial charge in [0.1, 0.15) is 0 Å². The van der Waals surface area contributed by atoms with Crippen LogP contribution >= 0.6 is 24.0 Å². The van der Waals surface area contributed by atoms with E-state index < -0.39 is 0 Å². The first-order chi connectivity index (χ1) is 8.92. The van der Waals surface area contributed by atoms with Crippen LogP contribution in [0.25, 0.3) is 10.9 Å². The van der Waals surface area contributed by atoms with Crippen molar-refractivity contribution in [2.24, 2.45) is 0 Å². The van der Waals surface area contributed by atoms with E-state index in [-0.39, 0.29) is 12.4 Å². The maximum atomic E-state index is 5.78. The largest absolute Gasteiger partial charge is 0.256 e. The van der Waals surface area contributed by atoms with Gasteiger partial charge in [-0.1, -0.05) is 54.6 Å². The van der Waals surface area contributed by atoms with Crippen LogP contribution in [0.15, 0.2) is 72.9 Å². The Balaban J connectivity index is 0.000000220. The molecule has 3 aromatic rings. The molecule has 1 heterocycles. The van der Waals surface area contributed by atoms with Crippen molar-refractivity contribution in [3.8, 4) is 0 Å². The lowest BCUT2D eigenvalue weighted by atomic mass is 10.1. The van der Waals surface area contributed by atoms with Gasteiger partial charge in [0, 0.05) is 17.5 Å². The van der Waals surface area contributed by atoms with E-state index in [0.717, 1.165) is 16.5 Å². The fourth-order valence-corrected chi connectivity index (χ4v) is 1.89. The summed E-state index contributed by atoms with van der Waals surface area (Å²) in [4.78, 5) is 4.23. The molecule has 0 amide bonds. The molecule has 0 spiro atoms. The molecule has 3 rings (SSSR count). The zero-order chi connectivity index (χ0) is 12.6.